The summed E-state index contributed by atoms with van der Waals surface area (Å²) >= 11 is 0. The number of aliphatic hydroxyl groups excluding tert-OH is 2. The molecular formula is C27H38O7SSi. The molecule has 0 radical (unpaired) electrons. The third-order valence-electron chi connectivity index (χ3n) is 6.16. The van der Waals surface area contributed by atoms with Gasteiger partial charge in [0.1, 0.15) is 27.4 Å². The van der Waals surface area contributed by atoms with Gasteiger partial charge in [0, 0.05) is 6.42 Å². The highest BCUT2D eigenvalue weighted by molar-refractivity contribution is 7.86. The molecule has 36 heavy (non-hydrogen) atoms. The summed E-state index contributed by atoms with van der Waals surface area (Å²) in [7, 11) is -5.53. The van der Waals surface area contributed by atoms with Crippen LogP contribution in [0.3, 0.4) is 0 Å². The van der Waals surface area contributed by atoms with Crippen molar-refractivity contribution in [3.05, 3.63) is 54.1 Å². The van der Waals surface area contributed by atoms with Gasteiger partial charge in [-0.3, -0.25) is 4.18 Å². The van der Waals surface area contributed by atoms with Crippen molar-refractivity contribution in [1.82, 2.24) is 0 Å². The number of hydrogen-bond donors (Lipinski definition) is 2. The normalized spacial score (nSPS) is 13.4. The van der Waals surface area contributed by atoms with Crippen LogP contribution >= 0.6 is 0 Å². The third-order valence-corrected chi connectivity index (χ3v) is 12.2. The second kappa shape index (κ2) is 14.4. The summed E-state index contributed by atoms with van der Waals surface area (Å²) in [4.78, 5) is 0.0235. The molecule has 2 N–H and O–H groups in total. The lowest BCUT2D eigenvalue weighted by Gasteiger charge is -2.20. The molecule has 0 spiro atoms. The van der Waals surface area contributed by atoms with Gasteiger partial charge in [-0.15, -0.1) is 11.5 Å². The Kier molecular flexibility index (Phi) is 12.0. The smallest absolute Gasteiger partial charge is 0.297 e. The van der Waals surface area contributed by atoms with Crippen LogP contribution in [0.25, 0.3) is 0 Å². The second-order valence-corrected chi connectivity index (χ2v) is 15.3. The minimum absolute atomic E-state index is 0.0235. The summed E-state index contributed by atoms with van der Waals surface area (Å²) in [5.74, 6) is 3.94. The Labute approximate surface area is 216 Å². The topological polar surface area (TPSA) is 102 Å². The van der Waals surface area contributed by atoms with Crippen molar-refractivity contribution in [3.63, 3.8) is 0 Å². The van der Waals surface area contributed by atoms with Gasteiger partial charge in [0.2, 0.25) is 0 Å². The Morgan fingerprint density at radius 2 is 1.36 bits per heavy atom. The molecule has 0 heterocycles. The molecule has 0 saturated carbocycles. The van der Waals surface area contributed by atoms with Crippen LogP contribution < -0.4 is 9.47 Å². The first-order valence-electron chi connectivity index (χ1n) is 12.3. The average Bonchev–Trinajstić information content (AvgIpc) is 2.88. The first-order valence-corrected chi connectivity index (χ1v) is 16.3. The lowest BCUT2D eigenvalue weighted by molar-refractivity contribution is 0.0619. The molecule has 0 aliphatic rings. The van der Waals surface area contributed by atoms with Gasteiger partial charge < -0.3 is 19.7 Å². The highest BCUT2D eigenvalue weighted by Gasteiger charge is 2.24. The molecule has 0 saturated heterocycles. The number of ether oxygens (including phenoxy) is 2. The standard InChI is InChI=1S/C27H38O7SSi/c1-5-36(6-2,7-3)18-10-11-23(28)19-32-26-12-8-9-13-27(26)33-20-24(29)21-34-35(30,31)25-16-14-22(4)15-17-25/h8-9,12-17,23-24,28-29H,5-7,11,19-21H2,1-4H3/t23-,24-/m1/s1. The van der Waals surface area contributed by atoms with Crippen LogP contribution in [-0.2, 0) is 14.3 Å². The van der Waals surface area contributed by atoms with Crippen LogP contribution in [-0.4, -0.2) is 58.7 Å². The Morgan fingerprint density at radius 1 is 0.833 bits per heavy atom. The molecule has 2 aromatic carbocycles. The fourth-order valence-electron chi connectivity index (χ4n) is 3.48. The van der Waals surface area contributed by atoms with E-state index in [1.54, 1.807) is 36.4 Å². The molecule has 7 nitrogen and oxygen atoms in total. The van der Waals surface area contributed by atoms with Crippen molar-refractivity contribution < 1.29 is 32.3 Å². The van der Waals surface area contributed by atoms with Gasteiger partial charge in [-0.2, -0.15) is 8.42 Å². The largest absolute Gasteiger partial charge is 0.487 e. The molecule has 0 aliphatic carbocycles. The van der Waals surface area contributed by atoms with E-state index in [0.29, 0.717) is 17.9 Å². The molecule has 0 aromatic heterocycles. The van der Waals surface area contributed by atoms with Crippen molar-refractivity contribution in [2.45, 2.75) is 69.4 Å². The molecule has 9 heteroatoms. The Bertz CT molecular complexity index is 1090. The molecule has 0 aliphatic heterocycles. The lowest BCUT2D eigenvalue weighted by Crippen LogP contribution is -2.29. The Balaban J connectivity index is 1.86. The lowest BCUT2D eigenvalue weighted by atomic mass is 10.2. The van der Waals surface area contributed by atoms with Gasteiger partial charge in [0.05, 0.1) is 17.6 Å². The predicted octanol–water partition coefficient (Wildman–Crippen LogP) is 4.32. The summed E-state index contributed by atoms with van der Waals surface area (Å²) in [5, 5.41) is 20.5. The highest BCUT2D eigenvalue weighted by Crippen LogP contribution is 2.27. The molecular weight excluding hydrogens is 496 g/mol. The number of aliphatic hydroxyl groups is 2. The van der Waals surface area contributed by atoms with E-state index in [0.717, 1.165) is 23.7 Å². The minimum Gasteiger partial charge on any atom is -0.487 e. The van der Waals surface area contributed by atoms with E-state index in [2.05, 4.69) is 32.2 Å². The number of hydrogen-bond acceptors (Lipinski definition) is 7. The number of para-hydroxylation sites is 2. The summed E-state index contributed by atoms with van der Waals surface area (Å²) in [6.07, 6.45) is -1.59. The van der Waals surface area contributed by atoms with E-state index in [4.69, 9.17) is 13.7 Å². The number of rotatable bonds is 14. The number of aryl methyl sites for hydroxylation is 1. The minimum atomic E-state index is -3.98. The molecule has 0 bridgehead atoms. The fraction of sp³-hybridized carbons (Fsp3) is 0.481. The maximum atomic E-state index is 12.3. The van der Waals surface area contributed by atoms with Gasteiger partial charge in [0.15, 0.2) is 11.5 Å². The van der Waals surface area contributed by atoms with Crippen LogP contribution in [0.4, 0.5) is 0 Å². The highest BCUT2D eigenvalue weighted by atomic mass is 32.2. The average molecular weight is 535 g/mol. The van der Waals surface area contributed by atoms with Gasteiger partial charge >= 0.3 is 0 Å². The summed E-state index contributed by atoms with van der Waals surface area (Å²) < 4.78 is 40.9. The zero-order chi connectivity index (χ0) is 26.6. The van der Waals surface area contributed by atoms with Crippen LogP contribution in [0.2, 0.25) is 18.1 Å². The molecule has 0 fully saturated rings. The SMILES string of the molecule is CC[Si](C#CC[C@@H](O)COc1ccccc1OC[C@@H](O)COS(=O)(=O)c1ccc(C)cc1)(CC)CC. The quantitative estimate of drug-likeness (QED) is 0.211. The van der Waals surface area contributed by atoms with Crippen LogP contribution in [0, 0.1) is 18.4 Å². The predicted molar refractivity (Wildman–Crippen MR) is 143 cm³/mol. The first-order chi connectivity index (χ1) is 17.1. The van der Waals surface area contributed by atoms with Crippen LogP contribution in [0.1, 0.15) is 32.8 Å². The summed E-state index contributed by atoms with van der Waals surface area (Å²) in [6, 6.07) is 16.5. The third kappa shape index (κ3) is 9.26. The van der Waals surface area contributed by atoms with Crippen LogP contribution in [0.5, 0.6) is 11.5 Å². The second-order valence-electron chi connectivity index (χ2n) is 8.77. The van der Waals surface area contributed by atoms with E-state index >= 15 is 0 Å². The van der Waals surface area contributed by atoms with Crippen LogP contribution in [0.15, 0.2) is 53.4 Å². The van der Waals surface area contributed by atoms with Gasteiger partial charge in [-0.1, -0.05) is 50.6 Å². The Morgan fingerprint density at radius 3 is 1.89 bits per heavy atom. The van der Waals surface area contributed by atoms with Crippen molar-refractivity contribution in [2.75, 3.05) is 19.8 Å². The molecule has 198 valence electrons. The molecule has 0 unspecified atom stereocenters. The van der Waals surface area contributed by atoms with Crippen molar-refractivity contribution in [2.24, 2.45) is 0 Å². The fourth-order valence-corrected chi connectivity index (χ4v) is 6.93. The van der Waals surface area contributed by atoms with E-state index < -0.39 is 37.0 Å². The molecule has 2 aromatic rings. The van der Waals surface area contributed by atoms with E-state index in [-0.39, 0.29) is 18.1 Å². The van der Waals surface area contributed by atoms with Crippen molar-refractivity contribution in [1.29, 1.82) is 0 Å². The maximum absolute atomic E-state index is 12.3. The first kappa shape index (κ1) is 29.9. The van der Waals surface area contributed by atoms with Gasteiger partial charge in [-0.25, -0.2) is 0 Å². The van der Waals surface area contributed by atoms with E-state index in [9.17, 15) is 18.6 Å². The molecule has 2 rings (SSSR count). The van der Waals surface area contributed by atoms with Gasteiger partial charge in [-0.05, 0) is 49.3 Å². The monoisotopic (exact) mass is 534 g/mol. The maximum Gasteiger partial charge on any atom is 0.297 e. The Hall–Kier alpha value is -2.35. The summed E-state index contributed by atoms with van der Waals surface area (Å²) in [5.41, 5.74) is 4.38. The zero-order valence-electron chi connectivity index (χ0n) is 21.6. The molecule has 0 amide bonds. The van der Waals surface area contributed by atoms with Gasteiger partial charge in [0.25, 0.3) is 10.1 Å². The summed E-state index contributed by atoms with van der Waals surface area (Å²) in [6.45, 7) is 7.83. The van der Waals surface area contributed by atoms with Crippen molar-refractivity contribution in [3.8, 4) is 23.0 Å². The van der Waals surface area contributed by atoms with E-state index in [1.165, 1.54) is 12.1 Å². The number of benzene rings is 2. The van der Waals surface area contributed by atoms with E-state index in [1.807, 2.05) is 6.92 Å². The zero-order valence-corrected chi connectivity index (χ0v) is 23.4. The molecule has 2 atom stereocenters. The van der Waals surface area contributed by atoms with Crippen molar-refractivity contribution >= 4 is 18.2 Å².